The van der Waals surface area contributed by atoms with Crippen molar-refractivity contribution in [3.8, 4) is 0 Å². The maximum absolute atomic E-state index is 11.0. The van der Waals surface area contributed by atoms with Gasteiger partial charge in [0.2, 0.25) is 5.95 Å². The molecule has 0 aliphatic carbocycles. The van der Waals surface area contributed by atoms with Crippen molar-refractivity contribution in [1.82, 2.24) is 9.97 Å². The van der Waals surface area contributed by atoms with Gasteiger partial charge in [-0.3, -0.25) is 9.63 Å². The van der Waals surface area contributed by atoms with E-state index in [1.54, 1.807) is 6.26 Å². The Balaban J connectivity index is 2.10. The van der Waals surface area contributed by atoms with Gasteiger partial charge in [0.05, 0.1) is 5.39 Å². The number of nitrogens with one attached hydrogen (secondary N) is 2. The summed E-state index contributed by atoms with van der Waals surface area (Å²) in [5.41, 5.74) is 2.45. The highest BCUT2D eigenvalue weighted by atomic mass is 32.2. The van der Waals surface area contributed by atoms with Crippen LogP contribution in [0.2, 0.25) is 0 Å². The first-order chi connectivity index (χ1) is 8.70. The second-order valence-corrected chi connectivity index (χ2v) is 6.19. The topological polar surface area (TPSA) is 92.9 Å². The van der Waals surface area contributed by atoms with Crippen LogP contribution >= 0.6 is 11.3 Å². The Morgan fingerprint density at radius 3 is 3.06 bits per heavy atom. The van der Waals surface area contributed by atoms with Crippen LogP contribution in [-0.2, 0) is 10.8 Å². The summed E-state index contributed by atoms with van der Waals surface area (Å²) in [6, 6.07) is 1.97. The molecule has 0 aliphatic rings. The summed E-state index contributed by atoms with van der Waals surface area (Å²) in [6.07, 6.45) is 2.54. The van der Waals surface area contributed by atoms with Gasteiger partial charge in [-0.2, -0.15) is 4.98 Å². The van der Waals surface area contributed by atoms with Crippen molar-refractivity contribution in [1.29, 1.82) is 0 Å². The molecule has 2 aromatic heterocycles. The van der Waals surface area contributed by atoms with Crippen LogP contribution in [0.5, 0.6) is 0 Å². The predicted octanol–water partition coefficient (Wildman–Crippen LogP) is 1.16. The van der Waals surface area contributed by atoms with Crippen LogP contribution in [0.1, 0.15) is 6.42 Å². The van der Waals surface area contributed by atoms with E-state index in [1.807, 2.05) is 11.4 Å². The third kappa shape index (κ3) is 3.15. The van der Waals surface area contributed by atoms with Gasteiger partial charge in [-0.25, -0.2) is 10.8 Å². The third-order valence-electron chi connectivity index (χ3n) is 2.36. The maximum Gasteiger partial charge on any atom is 0.240 e. The largest absolute Gasteiger partial charge is 0.369 e. The van der Waals surface area contributed by atoms with Gasteiger partial charge in [-0.15, -0.1) is 11.3 Å². The van der Waals surface area contributed by atoms with E-state index in [-0.39, 0.29) is 0 Å². The molecule has 98 valence electrons. The zero-order valence-electron chi connectivity index (χ0n) is 9.97. The van der Waals surface area contributed by atoms with Crippen molar-refractivity contribution in [3.05, 3.63) is 11.4 Å². The average Bonchev–Trinajstić information content (AvgIpc) is 2.82. The summed E-state index contributed by atoms with van der Waals surface area (Å²) in [6.45, 7) is 0.728. The molecule has 1 atom stereocenters. The number of nitrogen functional groups attached to an aromatic ring is 1. The van der Waals surface area contributed by atoms with Crippen LogP contribution in [-0.4, -0.2) is 32.7 Å². The Hall–Kier alpha value is -1.25. The number of thiophene rings is 1. The molecule has 2 heterocycles. The van der Waals surface area contributed by atoms with E-state index in [2.05, 4.69) is 20.7 Å². The Morgan fingerprint density at radius 2 is 2.33 bits per heavy atom. The highest BCUT2D eigenvalue weighted by Gasteiger charge is 2.07. The third-order valence-corrected chi connectivity index (χ3v) is 4.03. The molecule has 2 aromatic rings. The molecule has 0 bridgehead atoms. The zero-order chi connectivity index (χ0) is 13.0. The molecule has 0 radical (unpaired) electrons. The van der Waals surface area contributed by atoms with Crippen LogP contribution < -0.4 is 16.6 Å². The van der Waals surface area contributed by atoms with Crippen molar-refractivity contribution in [2.24, 2.45) is 5.84 Å². The second-order valence-electron chi connectivity index (χ2n) is 3.74. The Kier molecular flexibility index (Phi) is 4.45. The molecule has 18 heavy (non-hydrogen) atoms. The minimum Gasteiger partial charge on any atom is -0.369 e. The van der Waals surface area contributed by atoms with Gasteiger partial charge in [0.15, 0.2) is 0 Å². The Labute approximate surface area is 111 Å². The van der Waals surface area contributed by atoms with Crippen LogP contribution in [0.15, 0.2) is 11.4 Å². The molecule has 0 amide bonds. The molecule has 0 spiro atoms. The lowest BCUT2D eigenvalue weighted by molar-refractivity contribution is 0.685. The van der Waals surface area contributed by atoms with Gasteiger partial charge in [0.25, 0.3) is 0 Å². The first-order valence-corrected chi connectivity index (χ1v) is 8.07. The molecular formula is C10H15N5OS2. The first-order valence-electron chi connectivity index (χ1n) is 5.46. The molecule has 6 nitrogen and oxygen atoms in total. The summed E-state index contributed by atoms with van der Waals surface area (Å²) < 4.78 is 11.0. The molecule has 1 unspecified atom stereocenters. The second kappa shape index (κ2) is 6.07. The van der Waals surface area contributed by atoms with Crippen LogP contribution in [0.4, 0.5) is 11.8 Å². The molecule has 0 saturated carbocycles. The van der Waals surface area contributed by atoms with Gasteiger partial charge in [-0.05, 0) is 17.9 Å². The maximum atomic E-state index is 11.0. The number of anilines is 2. The molecule has 0 saturated heterocycles. The predicted molar refractivity (Wildman–Crippen MR) is 77.3 cm³/mol. The molecule has 2 rings (SSSR count). The minimum absolute atomic E-state index is 0.395. The summed E-state index contributed by atoms with van der Waals surface area (Å²) in [7, 11) is -0.752. The van der Waals surface area contributed by atoms with E-state index < -0.39 is 10.8 Å². The Bertz CT molecular complexity index is 556. The molecule has 0 aromatic carbocycles. The smallest absolute Gasteiger partial charge is 0.240 e. The van der Waals surface area contributed by atoms with Crippen LogP contribution in [0.25, 0.3) is 10.2 Å². The zero-order valence-corrected chi connectivity index (χ0v) is 11.6. The minimum atomic E-state index is -0.752. The number of rotatable bonds is 6. The van der Waals surface area contributed by atoms with Crippen molar-refractivity contribution in [2.75, 3.05) is 29.3 Å². The molecule has 4 N–H and O–H groups in total. The van der Waals surface area contributed by atoms with Crippen molar-refractivity contribution in [3.63, 3.8) is 0 Å². The fraction of sp³-hybridized carbons (Fsp3) is 0.400. The first kappa shape index (κ1) is 13.2. The van der Waals surface area contributed by atoms with Gasteiger partial charge in [-0.1, -0.05) is 0 Å². The monoisotopic (exact) mass is 285 g/mol. The highest BCUT2D eigenvalue weighted by Crippen LogP contribution is 2.26. The lowest BCUT2D eigenvalue weighted by Gasteiger charge is -2.07. The number of hydrogen-bond donors (Lipinski definition) is 3. The van der Waals surface area contributed by atoms with Gasteiger partial charge >= 0.3 is 0 Å². The lowest BCUT2D eigenvalue weighted by Crippen LogP contribution is -2.13. The fourth-order valence-electron chi connectivity index (χ4n) is 1.54. The van der Waals surface area contributed by atoms with Crippen LogP contribution in [0.3, 0.4) is 0 Å². The van der Waals surface area contributed by atoms with E-state index in [4.69, 9.17) is 5.84 Å². The van der Waals surface area contributed by atoms with E-state index in [0.717, 1.165) is 29.0 Å². The fourth-order valence-corrected chi connectivity index (χ4v) is 2.85. The summed E-state index contributed by atoms with van der Waals surface area (Å²) >= 11 is 1.54. The van der Waals surface area contributed by atoms with Crippen molar-refractivity contribution < 1.29 is 4.21 Å². The summed E-state index contributed by atoms with van der Waals surface area (Å²) in [5.74, 6) is 7.18. The number of nitrogens with two attached hydrogens (primary N) is 1. The SMILES string of the molecule is CS(=O)CCCNc1nc(NN)nc2sccc12. The van der Waals surface area contributed by atoms with E-state index in [1.165, 1.54) is 11.3 Å². The highest BCUT2D eigenvalue weighted by molar-refractivity contribution is 7.84. The molecule has 0 fully saturated rings. The average molecular weight is 285 g/mol. The van der Waals surface area contributed by atoms with Crippen molar-refractivity contribution >= 4 is 44.1 Å². The molecule has 0 aliphatic heterocycles. The standard InChI is InChI=1S/C10H15N5OS2/c1-18(16)6-2-4-12-8-7-3-5-17-9(7)14-10(13-8)15-11/h3,5H,2,4,6,11H2,1H3,(H2,12,13,14,15). The number of nitrogens with zero attached hydrogens (tertiary/aromatic N) is 2. The normalized spacial score (nSPS) is 12.6. The summed E-state index contributed by atoms with van der Waals surface area (Å²) in [4.78, 5) is 9.42. The van der Waals surface area contributed by atoms with Gasteiger partial charge in [0, 0.05) is 29.4 Å². The van der Waals surface area contributed by atoms with E-state index in [0.29, 0.717) is 11.7 Å². The van der Waals surface area contributed by atoms with Crippen molar-refractivity contribution in [2.45, 2.75) is 6.42 Å². The van der Waals surface area contributed by atoms with E-state index >= 15 is 0 Å². The quantitative estimate of drug-likeness (QED) is 0.419. The Morgan fingerprint density at radius 1 is 1.50 bits per heavy atom. The number of hydrazine groups is 1. The number of fused-ring (bicyclic) bond motifs is 1. The number of hydrogen-bond acceptors (Lipinski definition) is 7. The van der Waals surface area contributed by atoms with Crippen LogP contribution in [0, 0.1) is 0 Å². The number of aromatic nitrogens is 2. The van der Waals surface area contributed by atoms with Gasteiger partial charge < -0.3 is 5.32 Å². The van der Waals surface area contributed by atoms with Gasteiger partial charge in [0.1, 0.15) is 10.6 Å². The lowest BCUT2D eigenvalue weighted by atomic mass is 10.3. The summed E-state index contributed by atoms with van der Waals surface area (Å²) in [5, 5.41) is 6.18. The molecular weight excluding hydrogens is 270 g/mol. The molecule has 8 heteroatoms. The van der Waals surface area contributed by atoms with E-state index in [9.17, 15) is 4.21 Å².